The fraction of sp³-hybridized carbons (Fsp3) is 0.400. The van der Waals surface area contributed by atoms with Crippen LogP contribution in [0.15, 0.2) is 34.9 Å². The minimum atomic E-state index is 0.485. The predicted molar refractivity (Wildman–Crippen MR) is 82.6 cm³/mol. The van der Waals surface area contributed by atoms with E-state index in [0.717, 1.165) is 23.1 Å². The summed E-state index contributed by atoms with van der Waals surface area (Å²) in [5.74, 6) is 0. The highest BCUT2D eigenvalue weighted by Crippen LogP contribution is 2.19. The average Bonchev–Trinajstić information content (AvgIpc) is 2.79. The third kappa shape index (κ3) is 3.45. The Labute approximate surface area is 123 Å². The molecule has 1 aromatic carbocycles. The van der Waals surface area contributed by atoms with E-state index in [1.165, 1.54) is 11.3 Å². The van der Waals surface area contributed by atoms with Gasteiger partial charge in [-0.25, -0.2) is 4.68 Å². The van der Waals surface area contributed by atoms with E-state index in [9.17, 15) is 0 Å². The van der Waals surface area contributed by atoms with Gasteiger partial charge < -0.3 is 5.32 Å². The zero-order valence-corrected chi connectivity index (χ0v) is 13.2. The summed E-state index contributed by atoms with van der Waals surface area (Å²) in [5, 5.41) is 7.98. The molecule has 0 aliphatic rings. The van der Waals surface area contributed by atoms with Gasteiger partial charge in [0.15, 0.2) is 0 Å². The van der Waals surface area contributed by atoms with Crippen LogP contribution < -0.4 is 5.32 Å². The lowest BCUT2D eigenvalue weighted by atomic mass is 10.2. The molecule has 0 saturated carbocycles. The molecule has 0 aliphatic carbocycles. The Morgan fingerprint density at radius 2 is 2.16 bits per heavy atom. The smallest absolute Gasteiger partial charge is 0.0660 e. The number of rotatable bonds is 5. The number of hydrogen-bond acceptors (Lipinski definition) is 2. The third-order valence-electron chi connectivity index (χ3n) is 3.04. The molecule has 0 bridgehead atoms. The Kier molecular flexibility index (Phi) is 4.77. The highest BCUT2D eigenvalue weighted by atomic mass is 79.9. The van der Waals surface area contributed by atoms with Gasteiger partial charge >= 0.3 is 0 Å². The third-order valence-corrected chi connectivity index (χ3v) is 3.54. The van der Waals surface area contributed by atoms with E-state index in [1.807, 2.05) is 23.0 Å². The maximum Gasteiger partial charge on any atom is 0.0660 e. The molecule has 0 fully saturated rings. The molecule has 0 radical (unpaired) electrons. The minimum Gasteiger partial charge on any atom is -0.310 e. The molecule has 0 amide bonds. The van der Waals surface area contributed by atoms with Crippen molar-refractivity contribution in [3.63, 3.8) is 0 Å². The summed E-state index contributed by atoms with van der Waals surface area (Å²) in [7, 11) is 0. The average molecular weight is 322 g/mol. The second-order valence-corrected chi connectivity index (χ2v) is 5.81. The number of benzene rings is 1. The van der Waals surface area contributed by atoms with Gasteiger partial charge in [-0.3, -0.25) is 0 Å². The molecule has 0 unspecified atom stereocenters. The SMILES string of the molecule is CCc1c(CNC(C)C)cnn1-c1cccc(Br)c1. The topological polar surface area (TPSA) is 29.9 Å². The first kappa shape index (κ1) is 14.3. The van der Waals surface area contributed by atoms with Crippen molar-refractivity contribution in [1.82, 2.24) is 15.1 Å². The van der Waals surface area contributed by atoms with Crippen molar-refractivity contribution in [3.8, 4) is 5.69 Å². The number of halogens is 1. The summed E-state index contributed by atoms with van der Waals surface area (Å²) in [5.41, 5.74) is 3.64. The summed E-state index contributed by atoms with van der Waals surface area (Å²) < 4.78 is 3.10. The van der Waals surface area contributed by atoms with Crippen molar-refractivity contribution in [2.45, 2.75) is 39.8 Å². The van der Waals surface area contributed by atoms with Crippen LogP contribution in [0.2, 0.25) is 0 Å². The predicted octanol–water partition coefficient (Wildman–Crippen LogP) is 3.70. The summed E-state index contributed by atoms with van der Waals surface area (Å²) in [6.07, 6.45) is 2.94. The van der Waals surface area contributed by atoms with Gasteiger partial charge in [-0.1, -0.05) is 42.8 Å². The van der Waals surface area contributed by atoms with Crippen LogP contribution in [0.5, 0.6) is 0 Å². The number of hydrogen-bond donors (Lipinski definition) is 1. The lowest BCUT2D eigenvalue weighted by molar-refractivity contribution is 0.586. The lowest BCUT2D eigenvalue weighted by Gasteiger charge is -2.10. The summed E-state index contributed by atoms with van der Waals surface area (Å²) in [6.45, 7) is 7.36. The van der Waals surface area contributed by atoms with Crippen LogP contribution in [-0.2, 0) is 13.0 Å². The Balaban J connectivity index is 2.31. The minimum absolute atomic E-state index is 0.485. The quantitative estimate of drug-likeness (QED) is 0.910. The molecule has 0 spiro atoms. The fourth-order valence-corrected chi connectivity index (χ4v) is 2.46. The Morgan fingerprint density at radius 3 is 2.79 bits per heavy atom. The molecule has 1 heterocycles. The second kappa shape index (κ2) is 6.35. The molecule has 102 valence electrons. The molecule has 0 aliphatic heterocycles. The Bertz CT molecular complexity index is 546. The first-order chi connectivity index (χ1) is 9.11. The van der Waals surface area contributed by atoms with Gasteiger partial charge in [0, 0.05) is 28.3 Å². The van der Waals surface area contributed by atoms with E-state index in [4.69, 9.17) is 0 Å². The van der Waals surface area contributed by atoms with Crippen LogP contribution in [0.1, 0.15) is 32.0 Å². The maximum absolute atomic E-state index is 4.53. The van der Waals surface area contributed by atoms with Crippen molar-refractivity contribution in [3.05, 3.63) is 46.2 Å². The summed E-state index contributed by atoms with van der Waals surface area (Å²) in [6, 6.07) is 8.72. The monoisotopic (exact) mass is 321 g/mol. The molecule has 2 aromatic rings. The van der Waals surface area contributed by atoms with Crippen LogP contribution in [0.25, 0.3) is 5.69 Å². The van der Waals surface area contributed by atoms with Gasteiger partial charge in [0.25, 0.3) is 0 Å². The molecule has 19 heavy (non-hydrogen) atoms. The van der Waals surface area contributed by atoms with Crippen LogP contribution in [0, 0.1) is 0 Å². The molecule has 0 saturated heterocycles. The van der Waals surface area contributed by atoms with E-state index < -0.39 is 0 Å². The zero-order valence-electron chi connectivity index (χ0n) is 11.7. The largest absolute Gasteiger partial charge is 0.310 e. The Morgan fingerprint density at radius 1 is 1.37 bits per heavy atom. The molecule has 2 rings (SSSR count). The van der Waals surface area contributed by atoms with Gasteiger partial charge in [0.2, 0.25) is 0 Å². The van der Waals surface area contributed by atoms with Crippen molar-refractivity contribution >= 4 is 15.9 Å². The van der Waals surface area contributed by atoms with Gasteiger partial charge in [-0.05, 0) is 24.6 Å². The van der Waals surface area contributed by atoms with Gasteiger partial charge in [-0.15, -0.1) is 0 Å². The van der Waals surface area contributed by atoms with Crippen LogP contribution in [0.4, 0.5) is 0 Å². The van der Waals surface area contributed by atoms with Crippen LogP contribution in [-0.4, -0.2) is 15.8 Å². The highest BCUT2D eigenvalue weighted by molar-refractivity contribution is 9.10. The van der Waals surface area contributed by atoms with E-state index in [2.05, 4.69) is 59.2 Å². The van der Waals surface area contributed by atoms with Crippen molar-refractivity contribution in [2.24, 2.45) is 0 Å². The number of nitrogens with zero attached hydrogens (tertiary/aromatic N) is 2. The Hall–Kier alpha value is -1.13. The molecule has 1 aromatic heterocycles. The molecular weight excluding hydrogens is 302 g/mol. The standard InChI is InChI=1S/C15H20BrN3/c1-4-15-12(9-17-11(2)3)10-18-19(15)14-7-5-6-13(16)8-14/h5-8,10-11,17H,4,9H2,1-3H3. The van der Waals surface area contributed by atoms with Crippen molar-refractivity contribution in [2.75, 3.05) is 0 Å². The van der Waals surface area contributed by atoms with E-state index in [1.54, 1.807) is 0 Å². The number of aromatic nitrogens is 2. The second-order valence-electron chi connectivity index (χ2n) is 4.90. The van der Waals surface area contributed by atoms with Crippen molar-refractivity contribution in [1.29, 1.82) is 0 Å². The first-order valence-corrected chi connectivity index (χ1v) is 7.46. The lowest BCUT2D eigenvalue weighted by Crippen LogP contribution is -2.22. The molecule has 1 N–H and O–H groups in total. The zero-order chi connectivity index (χ0) is 13.8. The van der Waals surface area contributed by atoms with Gasteiger partial charge in [0.1, 0.15) is 0 Å². The van der Waals surface area contributed by atoms with Crippen LogP contribution in [0.3, 0.4) is 0 Å². The van der Waals surface area contributed by atoms with E-state index in [0.29, 0.717) is 6.04 Å². The van der Waals surface area contributed by atoms with Crippen molar-refractivity contribution < 1.29 is 0 Å². The fourth-order valence-electron chi connectivity index (χ4n) is 2.08. The van der Waals surface area contributed by atoms with E-state index in [-0.39, 0.29) is 0 Å². The molecule has 0 atom stereocenters. The summed E-state index contributed by atoms with van der Waals surface area (Å²) in [4.78, 5) is 0. The van der Waals surface area contributed by atoms with E-state index >= 15 is 0 Å². The number of nitrogens with one attached hydrogen (secondary N) is 1. The molecular formula is C15H20BrN3. The van der Waals surface area contributed by atoms with Crippen LogP contribution >= 0.6 is 15.9 Å². The normalized spacial score (nSPS) is 11.2. The highest BCUT2D eigenvalue weighted by Gasteiger charge is 2.10. The first-order valence-electron chi connectivity index (χ1n) is 6.67. The van der Waals surface area contributed by atoms with Gasteiger partial charge in [-0.2, -0.15) is 5.10 Å². The maximum atomic E-state index is 4.53. The summed E-state index contributed by atoms with van der Waals surface area (Å²) >= 11 is 3.51. The van der Waals surface area contributed by atoms with Gasteiger partial charge in [0.05, 0.1) is 11.9 Å². The molecule has 4 heteroatoms. The molecule has 3 nitrogen and oxygen atoms in total.